The van der Waals surface area contributed by atoms with Crippen molar-refractivity contribution in [2.24, 2.45) is 5.92 Å². The predicted molar refractivity (Wildman–Crippen MR) is 321 cm³/mol. The van der Waals surface area contributed by atoms with Gasteiger partial charge in [0.1, 0.15) is 0 Å². The van der Waals surface area contributed by atoms with Crippen molar-refractivity contribution in [3.05, 3.63) is 12.2 Å². The van der Waals surface area contributed by atoms with Crippen LogP contribution in [0.2, 0.25) is 0 Å². The molecule has 0 rings (SSSR count). The van der Waals surface area contributed by atoms with E-state index in [2.05, 4.69) is 44.7 Å². The normalized spacial score (nSPS) is 12.1. The third-order valence-corrected chi connectivity index (χ3v) is 16.0. The summed E-state index contributed by atoms with van der Waals surface area (Å²) in [6.45, 7) is 11.3. The second-order valence-electron chi connectivity index (χ2n) is 23.3. The van der Waals surface area contributed by atoms with Crippen LogP contribution in [-0.2, 0) is 14.3 Å². The summed E-state index contributed by atoms with van der Waals surface area (Å²) >= 11 is 0. The van der Waals surface area contributed by atoms with Crippen molar-refractivity contribution in [3.8, 4) is 0 Å². The smallest absolute Gasteiger partial charge is 0.306 e. The second kappa shape index (κ2) is 62.2. The molecule has 0 radical (unpaired) electrons. The molecule has 0 aromatic carbocycles. The highest BCUT2D eigenvalue weighted by Crippen LogP contribution is 2.22. The maximum absolute atomic E-state index is 14.2. The van der Waals surface area contributed by atoms with Crippen molar-refractivity contribution < 1.29 is 14.3 Å². The first-order valence-electron chi connectivity index (χ1n) is 33.7. The van der Waals surface area contributed by atoms with Crippen LogP contribution in [0, 0.1) is 5.92 Å². The quantitative estimate of drug-likeness (QED) is 0.0346. The number of ether oxygens (including phenoxy) is 1. The van der Waals surface area contributed by atoms with E-state index in [4.69, 9.17) is 4.74 Å². The van der Waals surface area contributed by atoms with Crippen LogP contribution in [0.3, 0.4) is 0 Å². The van der Waals surface area contributed by atoms with E-state index in [1.165, 1.54) is 302 Å². The summed E-state index contributed by atoms with van der Waals surface area (Å²) in [4.78, 5) is 29.5. The molecular formula is C68H133NO3. The lowest BCUT2D eigenvalue weighted by atomic mass is 9.95. The Balaban J connectivity index is 4.07. The van der Waals surface area contributed by atoms with E-state index in [1.807, 2.05) is 0 Å². The number of carbonyl (C=O) groups excluding carboxylic acids is 2. The van der Waals surface area contributed by atoms with E-state index in [0.29, 0.717) is 6.61 Å². The third kappa shape index (κ3) is 54.9. The summed E-state index contributed by atoms with van der Waals surface area (Å²) in [6.07, 6.45) is 78.3. The molecule has 0 saturated carbocycles. The van der Waals surface area contributed by atoms with Gasteiger partial charge in [-0.15, -0.1) is 0 Å². The van der Waals surface area contributed by atoms with Gasteiger partial charge in [-0.25, -0.2) is 0 Å². The highest BCUT2D eigenvalue weighted by atomic mass is 16.5. The molecule has 4 heteroatoms. The fraction of sp³-hybridized carbons (Fsp3) is 0.941. The van der Waals surface area contributed by atoms with Crippen molar-refractivity contribution >= 4 is 11.9 Å². The number of hydrogen-bond acceptors (Lipinski definition) is 3. The Bertz CT molecular complexity index is 1060. The zero-order chi connectivity index (χ0) is 52.2. The van der Waals surface area contributed by atoms with Crippen LogP contribution in [0.4, 0.5) is 0 Å². The summed E-state index contributed by atoms with van der Waals surface area (Å²) < 4.78 is 5.74. The first-order chi connectivity index (χ1) is 35.6. The maximum atomic E-state index is 14.2. The molecule has 1 amide bonds. The standard InChI is InChI=1S/C68H133NO3/c1-5-9-13-17-21-22-23-24-25-26-27-28-29-30-31-32-33-34-35-36-37-38-39-40-41-42-43-44-45-46-47-48-49-50-51-52-53-57-61-66(65-67(70)72-64-60-56-20-16-12-8-4)68(71)69(62-58-54-18-14-10-6-2)63-59-55-19-15-11-7-3/h48-49,66H,5-47,50-65H2,1-4H3/b49-48+. The van der Waals surface area contributed by atoms with Gasteiger partial charge in [0, 0.05) is 19.0 Å². The fourth-order valence-corrected chi connectivity index (χ4v) is 10.9. The molecule has 0 N–H and O–H groups in total. The molecular weight excluding hydrogens is 879 g/mol. The van der Waals surface area contributed by atoms with E-state index in [-0.39, 0.29) is 24.2 Å². The van der Waals surface area contributed by atoms with E-state index < -0.39 is 0 Å². The average molecular weight is 1010 g/mol. The number of carbonyl (C=O) groups is 2. The molecule has 0 aromatic rings. The molecule has 428 valence electrons. The molecule has 0 fully saturated rings. The molecule has 0 aliphatic carbocycles. The van der Waals surface area contributed by atoms with E-state index >= 15 is 0 Å². The number of amides is 1. The van der Waals surface area contributed by atoms with Crippen molar-refractivity contribution in [1.29, 1.82) is 0 Å². The molecule has 0 spiro atoms. The van der Waals surface area contributed by atoms with Gasteiger partial charge in [-0.2, -0.15) is 0 Å². The van der Waals surface area contributed by atoms with E-state index in [1.54, 1.807) is 0 Å². The second-order valence-corrected chi connectivity index (χ2v) is 23.3. The monoisotopic (exact) mass is 1010 g/mol. The summed E-state index contributed by atoms with van der Waals surface area (Å²) in [6, 6.07) is 0. The van der Waals surface area contributed by atoms with Crippen LogP contribution in [0.25, 0.3) is 0 Å². The molecule has 0 bridgehead atoms. The first kappa shape index (κ1) is 70.7. The Hall–Kier alpha value is -1.32. The molecule has 1 atom stereocenters. The van der Waals surface area contributed by atoms with Crippen LogP contribution in [0.1, 0.15) is 387 Å². The van der Waals surface area contributed by atoms with Gasteiger partial charge in [-0.05, 0) is 51.4 Å². The first-order valence-corrected chi connectivity index (χ1v) is 33.7. The Morgan fingerprint density at radius 2 is 0.569 bits per heavy atom. The SMILES string of the molecule is CCCCCCCCCCCCCCCCCCCCCCCCCCCCCCCC/C=C/CCCCCCC(CC(=O)OCCCCCCCC)C(=O)N(CCCCCCCC)CCCCCCCC. The third-order valence-electron chi connectivity index (χ3n) is 16.0. The van der Waals surface area contributed by atoms with Gasteiger partial charge in [0.15, 0.2) is 0 Å². The number of allylic oxidation sites excluding steroid dienone is 2. The van der Waals surface area contributed by atoms with E-state index in [0.717, 1.165) is 64.5 Å². The van der Waals surface area contributed by atoms with Crippen LogP contribution in [0.5, 0.6) is 0 Å². The van der Waals surface area contributed by atoms with Crippen LogP contribution >= 0.6 is 0 Å². The number of esters is 1. The zero-order valence-corrected chi connectivity index (χ0v) is 50.1. The number of unbranched alkanes of at least 4 members (excludes halogenated alkanes) is 49. The lowest BCUT2D eigenvalue weighted by molar-refractivity contribution is -0.149. The molecule has 0 heterocycles. The predicted octanol–water partition coefficient (Wildman–Crippen LogP) is 23.5. The van der Waals surface area contributed by atoms with Crippen molar-refractivity contribution in [1.82, 2.24) is 4.90 Å². The molecule has 0 aliphatic heterocycles. The summed E-state index contributed by atoms with van der Waals surface area (Å²) in [5, 5.41) is 0. The number of hydrogen-bond donors (Lipinski definition) is 0. The summed E-state index contributed by atoms with van der Waals surface area (Å²) in [5.74, 6) is -0.184. The largest absolute Gasteiger partial charge is 0.466 e. The Kier molecular flexibility index (Phi) is 61.1. The van der Waals surface area contributed by atoms with Crippen LogP contribution in [0.15, 0.2) is 12.2 Å². The summed E-state index contributed by atoms with van der Waals surface area (Å²) in [5.41, 5.74) is 0. The van der Waals surface area contributed by atoms with Gasteiger partial charge in [0.05, 0.1) is 13.0 Å². The zero-order valence-electron chi connectivity index (χ0n) is 50.1. The topological polar surface area (TPSA) is 46.6 Å². The molecule has 0 aromatic heterocycles. The van der Waals surface area contributed by atoms with Gasteiger partial charge in [0.25, 0.3) is 0 Å². The molecule has 72 heavy (non-hydrogen) atoms. The van der Waals surface area contributed by atoms with Crippen LogP contribution in [-0.4, -0.2) is 36.5 Å². The number of rotatable bonds is 62. The minimum absolute atomic E-state index is 0.164. The lowest BCUT2D eigenvalue weighted by Crippen LogP contribution is -2.38. The molecule has 0 aliphatic rings. The van der Waals surface area contributed by atoms with Gasteiger partial charge in [0.2, 0.25) is 5.91 Å². The Labute approximate surface area is 454 Å². The molecule has 4 nitrogen and oxygen atoms in total. The maximum Gasteiger partial charge on any atom is 0.306 e. The van der Waals surface area contributed by atoms with Crippen LogP contribution < -0.4 is 0 Å². The lowest BCUT2D eigenvalue weighted by Gasteiger charge is -2.27. The molecule has 0 saturated heterocycles. The highest BCUT2D eigenvalue weighted by molar-refractivity contribution is 5.83. The van der Waals surface area contributed by atoms with Crippen molar-refractivity contribution in [3.63, 3.8) is 0 Å². The highest BCUT2D eigenvalue weighted by Gasteiger charge is 2.27. The van der Waals surface area contributed by atoms with Crippen molar-refractivity contribution in [2.45, 2.75) is 387 Å². The van der Waals surface area contributed by atoms with Gasteiger partial charge in [-0.1, -0.05) is 342 Å². The van der Waals surface area contributed by atoms with Crippen molar-refractivity contribution in [2.75, 3.05) is 19.7 Å². The molecule has 1 unspecified atom stereocenters. The van der Waals surface area contributed by atoms with Gasteiger partial charge in [-0.3, -0.25) is 9.59 Å². The number of nitrogens with zero attached hydrogens (tertiary/aromatic N) is 1. The average Bonchev–Trinajstić information content (AvgIpc) is 3.38. The van der Waals surface area contributed by atoms with E-state index in [9.17, 15) is 9.59 Å². The fourth-order valence-electron chi connectivity index (χ4n) is 10.9. The Morgan fingerprint density at radius 1 is 0.319 bits per heavy atom. The van der Waals surface area contributed by atoms with Gasteiger partial charge < -0.3 is 9.64 Å². The Morgan fingerprint density at radius 3 is 0.875 bits per heavy atom. The summed E-state index contributed by atoms with van der Waals surface area (Å²) in [7, 11) is 0. The minimum atomic E-state index is -0.241. The van der Waals surface area contributed by atoms with Gasteiger partial charge >= 0.3 is 5.97 Å². The minimum Gasteiger partial charge on any atom is -0.466 e.